The van der Waals surface area contributed by atoms with Gasteiger partial charge in [-0.25, -0.2) is 4.39 Å². The minimum atomic E-state index is -0.963. The van der Waals surface area contributed by atoms with Gasteiger partial charge in [-0.3, -0.25) is 9.59 Å². The van der Waals surface area contributed by atoms with Crippen LogP contribution in [0, 0.1) is 5.82 Å². The van der Waals surface area contributed by atoms with Crippen LogP contribution in [0.15, 0.2) is 30.3 Å². The Balaban J connectivity index is 2.86. The predicted molar refractivity (Wildman–Crippen MR) is 79.2 cm³/mol. The average molecular weight is 293 g/mol. The predicted octanol–water partition coefficient (Wildman–Crippen LogP) is 2.94. The van der Waals surface area contributed by atoms with Crippen LogP contribution in [0.3, 0.4) is 0 Å². The number of rotatable bonds is 5. The summed E-state index contributed by atoms with van der Waals surface area (Å²) in [5.41, 5.74) is -0.190. The highest BCUT2D eigenvalue weighted by Crippen LogP contribution is 2.16. The summed E-state index contributed by atoms with van der Waals surface area (Å²) in [4.78, 5) is 24.3. The first-order valence-corrected chi connectivity index (χ1v) is 6.68. The summed E-state index contributed by atoms with van der Waals surface area (Å²) in [5.74, 6) is -1.71. The van der Waals surface area contributed by atoms with Gasteiger partial charge in [0.25, 0.3) is 0 Å². The zero-order valence-corrected chi connectivity index (χ0v) is 12.5. The number of carboxylic acids is 1. The molecule has 0 bridgehead atoms. The Hall–Kier alpha value is -2.17. The molecule has 4 nitrogen and oxygen atoms in total. The Morgan fingerprint density at radius 1 is 1.29 bits per heavy atom. The Morgan fingerprint density at radius 3 is 2.43 bits per heavy atom. The third-order valence-electron chi connectivity index (χ3n) is 2.94. The number of benzene rings is 1. The van der Waals surface area contributed by atoms with Gasteiger partial charge in [0, 0.05) is 23.7 Å². The monoisotopic (exact) mass is 293 g/mol. The number of carbonyl (C=O) groups excluding carboxylic acids is 1. The molecule has 1 aromatic rings. The molecule has 0 aromatic heterocycles. The molecule has 0 fully saturated rings. The summed E-state index contributed by atoms with van der Waals surface area (Å²) in [6.07, 6.45) is 2.54. The molecule has 0 unspecified atom stereocenters. The zero-order chi connectivity index (χ0) is 16.0. The van der Waals surface area contributed by atoms with Gasteiger partial charge in [0.05, 0.1) is 6.42 Å². The minimum Gasteiger partial charge on any atom is -0.481 e. The van der Waals surface area contributed by atoms with E-state index >= 15 is 0 Å². The van der Waals surface area contributed by atoms with E-state index in [1.165, 1.54) is 23.1 Å². The van der Waals surface area contributed by atoms with Gasteiger partial charge in [-0.1, -0.05) is 18.2 Å². The van der Waals surface area contributed by atoms with E-state index < -0.39 is 17.3 Å². The van der Waals surface area contributed by atoms with E-state index in [9.17, 15) is 14.0 Å². The molecule has 0 saturated heterocycles. The molecule has 5 heteroatoms. The Labute approximate surface area is 123 Å². The van der Waals surface area contributed by atoms with Crippen molar-refractivity contribution in [3.05, 3.63) is 41.7 Å². The van der Waals surface area contributed by atoms with Crippen molar-refractivity contribution < 1.29 is 19.1 Å². The van der Waals surface area contributed by atoms with E-state index in [-0.39, 0.29) is 18.9 Å². The van der Waals surface area contributed by atoms with Gasteiger partial charge in [0.15, 0.2) is 0 Å². The summed E-state index contributed by atoms with van der Waals surface area (Å²) in [6.45, 7) is 5.58. The lowest BCUT2D eigenvalue weighted by atomic mass is 10.0. The quantitative estimate of drug-likeness (QED) is 0.849. The molecule has 0 saturated carbocycles. The van der Waals surface area contributed by atoms with Crippen LogP contribution in [0.5, 0.6) is 0 Å². The molecule has 0 atom stereocenters. The number of hydrogen-bond donors (Lipinski definition) is 1. The van der Waals surface area contributed by atoms with Crippen molar-refractivity contribution in [2.45, 2.75) is 32.7 Å². The molecular formula is C16H20FNO3. The van der Waals surface area contributed by atoms with Gasteiger partial charge < -0.3 is 10.0 Å². The van der Waals surface area contributed by atoms with Crippen LogP contribution in [-0.2, 0) is 9.59 Å². The summed E-state index contributed by atoms with van der Waals surface area (Å²) in [5, 5.41) is 8.75. The molecule has 0 aliphatic rings. The lowest BCUT2D eigenvalue weighted by molar-refractivity contribution is -0.139. The summed E-state index contributed by atoms with van der Waals surface area (Å²) < 4.78 is 13.5. The van der Waals surface area contributed by atoms with Crippen LogP contribution >= 0.6 is 0 Å². The van der Waals surface area contributed by atoms with Crippen molar-refractivity contribution in [2.24, 2.45) is 0 Å². The third-order valence-corrected chi connectivity index (χ3v) is 2.94. The van der Waals surface area contributed by atoms with Crippen LogP contribution in [0.4, 0.5) is 4.39 Å². The second-order valence-electron chi connectivity index (χ2n) is 5.66. The highest BCUT2D eigenvalue weighted by molar-refractivity contribution is 5.92. The number of aliphatic carboxylic acids is 1. The van der Waals surface area contributed by atoms with Crippen LogP contribution < -0.4 is 0 Å². The molecule has 1 rings (SSSR count). The van der Waals surface area contributed by atoms with Gasteiger partial charge in [0.1, 0.15) is 5.82 Å². The van der Waals surface area contributed by atoms with E-state index in [1.807, 2.05) is 20.8 Å². The van der Waals surface area contributed by atoms with E-state index in [2.05, 4.69) is 0 Å². The lowest BCUT2D eigenvalue weighted by Gasteiger charge is -2.34. The molecule has 0 heterocycles. The van der Waals surface area contributed by atoms with Crippen molar-refractivity contribution in [1.29, 1.82) is 0 Å². The third kappa shape index (κ3) is 5.38. The van der Waals surface area contributed by atoms with Crippen LogP contribution in [0.2, 0.25) is 0 Å². The molecule has 0 radical (unpaired) electrons. The standard InChI is InChI=1S/C16H20FNO3/c1-16(2,3)18(11-10-15(20)21)14(19)9-8-12-6-4-5-7-13(12)17/h4-9H,10-11H2,1-3H3,(H,20,21)/b9-8+. The molecular weight excluding hydrogens is 273 g/mol. The largest absolute Gasteiger partial charge is 0.481 e. The SMILES string of the molecule is CC(C)(C)N(CCC(=O)O)C(=O)/C=C/c1ccccc1F. The summed E-state index contributed by atoms with van der Waals surface area (Å²) in [7, 11) is 0. The van der Waals surface area contributed by atoms with Crippen LogP contribution in [0.25, 0.3) is 6.08 Å². The fraction of sp³-hybridized carbons (Fsp3) is 0.375. The van der Waals surface area contributed by atoms with Crippen molar-refractivity contribution in [3.8, 4) is 0 Å². The van der Waals surface area contributed by atoms with E-state index in [1.54, 1.807) is 18.2 Å². The highest BCUT2D eigenvalue weighted by atomic mass is 19.1. The molecule has 1 N–H and O–H groups in total. The van der Waals surface area contributed by atoms with Gasteiger partial charge >= 0.3 is 5.97 Å². The number of hydrogen-bond acceptors (Lipinski definition) is 2. The number of carbonyl (C=O) groups is 2. The molecule has 0 aliphatic heterocycles. The van der Waals surface area contributed by atoms with Crippen molar-refractivity contribution in [2.75, 3.05) is 6.54 Å². The Morgan fingerprint density at radius 2 is 1.90 bits per heavy atom. The normalized spacial score (nSPS) is 11.6. The maximum atomic E-state index is 13.5. The number of amides is 1. The Bertz CT molecular complexity index is 547. The van der Waals surface area contributed by atoms with E-state index in [4.69, 9.17) is 5.11 Å². The fourth-order valence-electron chi connectivity index (χ4n) is 1.84. The molecule has 0 aliphatic carbocycles. The maximum absolute atomic E-state index is 13.5. The topological polar surface area (TPSA) is 57.6 Å². The average Bonchev–Trinajstić information content (AvgIpc) is 2.36. The zero-order valence-electron chi connectivity index (χ0n) is 12.5. The van der Waals surface area contributed by atoms with Crippen molar-refractivity contribution in [3.63, 3.8) is 0 Å². The highest BCUT2D eigenvalue weighted by Gasteiger charge is 2.25. The first kappa shape index (κ1) is 16.9. The fourth-order valence-corrected chi connectivity index (χ4v) is 1.84. The number of carboxylic acid groups (broad SMARTS) is 1. The van der Waals surface area contributed by atoms with E-state index in [0.717, 1.165) is 0 Å². The van der Waals surface area contributed by atoms with E-state index in [0.29, 0.717) is 5.56 Å². The lowest BCUT2D eigenvalue weighted by Crippen LogP contribution is -2.45. The van der Waals surface area contributed by atoms with Gasteiger partial charge in [-0.05, 0) is 32.9 Å². The number of nitrogens with zero attached hydrogens (tertiary/aromatic N) is 1. The summed E-state index contributed by atoms with van der Waals surface area (Å²) >= 11 is 0. The molecule has 114 valence electrons. The first-order valence-electron chi connectivity index (χ1n) is 6.68. The number of halogens is 1. The Kier molecular flexibility index (Phi) is 5.64. The van der Waals surface area contributed by atoms with Crippen molar-refractivity contribution in [1.82, 2.24) is 4.90 Å². The summed E-state index contributed by atoms with van der Waals surface area (Å²) in [6, 6.07) is 6.13. The second-order valence-corrected chi connectivity index (χ2v) is 5.66. The molecule has 1 aromatic carbocycles. The van der Waals surface area contributed by atoms with Crippen LogP contribution in [0.1, 0.15) is 32.8 Å². The second kappa shape index (κ2) is 7.02. The van der Waals surface area contributed by atoms with Crippen LogP contribution in [-0.4, -0.2) is 34.0 Å². The van der Waals surface area contributed by atoms with Gasteiger partial charge in [-0.2, -0.15) is 0 Å². The van der Waals surface area contributed by atoms with Gasteiger partial charge in [0.2, 0.25) is 5.91 Å². The first-order chi connectivity index (χ1) is 9.71. The smallest absolute Gasteiger partial charge is 0.305 e. The molecule has 21 heavy (non-hydrogen) atoms. The van der Waals surface area contributed by atoms with Crippen molar-refractivity contribution >= 4 is 18.0 Å². The molecule has 1 amide bonds. The maximum Gasteiger partial charge on any atom is 0.305 e. The molecule has 0 spiro atoms. The minimum absolute atomic E-state index is 0.110. The van der Waals surface area contributed by atoms with Gasteiger partial charge in [-0.15, -0.1) is 0 Å².